The normalized spacial score (nSPS) is 11.2. The van der Waals surface area contributed by atoms with Crippen LogP contribution in [-0.2, 0) is 4.79 Å². The second-order valence-corrected chi connectivity index (χ2v) is 4.38. The summed E-state index contributed by atoms with van der Waals surface area (Å²) in [5, 5.41) is 3.81. The Hall–Kier alpha value is -0.870. The van der Waals surface area contributed by atoms with Gasteiger partial charge >= 0.3 is 0 Å². The van der Waals surface area contributed by atoms with Gasteiger partial charge in [-0.15, -0.1) is 6.58 Å². The molecule has 2 N–H and O–H groups in total. The number of rotatable bonds is 7. The van der Waals surface area contributed by atoms with Crippen LogP contribution < -0.4 is 5.73 Å². The molecule has 16 heavy (non-hydrogen) atoms. The van der Waals surface area contributed by atoms with E-state index in [1.807, 2.05) is 24.9 Å². The Kier molecular flexibility index (Phi) is 7.01. The molecule has 0 radical (unpaired) electrons. The van der Waals surface area contributed by atoms with Gasteiger partial charge in [0.25, 0.3) is 0 Å². The van der Waals surface area contributed by atoms with Gasteiger partial charge in [0, 0.05) is 31.6 Å². The monoisotopic (exact) mass is 227 g/mol. The molecule has 0 aromatic carbocycles. The van der Waals surface area contributed by atoms with Gasteiger partial charge in [-0.05, 0) is 27.7 Å². The average molecular weight is 227 g/mol. The Morgan fingerprint density at radius 1 is 1.31 bits per heavy atom. The van der Waals surface area contributed by atoms with Crippen molar-refractivity contribution >= 4 is 5.91 Å². The molecule has 0 aliphatic carbocycles. The highest BCUT2D eigenvalue weighted by atomic mass is 16.2. The summed E-state index contributed by atoms with van der Waals surface area (Å²) in [6.45, 7) is 12.9. The number of amides is 1. The molecule has 0 aliphatic rings. The first-order valence-corrected chi connectivity index (χ1v) is 5.85. The molecule has 0 aromatic rings. The van der Waals surface area contributed by atoms with E-state index in [2.05, 4.69) is 20.4 Å². The number of hydrogen-bond donors (Lipinski definition) is 1. The van der Waals surface area contributed by atoms with E-state index in [1.54, 1.807) is 5.01 Å². The van der Waals surface area contributed by atoms with Gasteiger partial charge in [0.1, 0.15) is 0 Å². The molecule has 0 heterocycles. The first-order valence-electron chi connectivity index (χ1n) is 5.85. The van der Waals surface area contributed by atoms with Crippen LogP contribution in [0.2, 0.25) is 0 Å². The van der Waals surface area contributed by atoms with E-state index in [4.69, 9.17) is 5.73 Å². The van der Waals surface area contributed by atoms with Gasteiger partial charge in [0.15, 0.2) is 0 Å². The van der Waals surface area contributed by atoms with E-state index in [0.717, 1.165) is 0 Å². The summed E-state index contributed by atoms with van der Waals surface area (Å²) in [6.07, 6.45) is 2.20. The predicted molar refractivity (Wildman–Crippen MR) is 67.7 cm³/mol. The molecule has 4 nitrogen and oxygen atoms in total. The largest absolute Gasteiger partial charge is 0.330 e. The topological polar surface area (TPSA) is 49.6 Å². The average Bonchev–Trinajstić information content (AvgIpc) is 2.16. The summed E-state index contributed by atoms with van der Waals surface area (Å²) in [7, 11) is 0. The zero-order chi connectivity index (χ0) is 12.7. The molecule has 0 atom stereocenters. The number of hydrazine groups is 1. The van der Waals surface area contributed by atoms with E-state index in [0.29, 0.717) is 19.5 Å². The standard InChI is InChI=1S/C12H25N3O/c1-6-9-14(10(2)3)15(11(4)5)12(16)7-8-13/h6,10-11H,1,7-9,13H2,2-5H3. The molecule has 0 bridgehead atoms. The van der Waals surface area contributed by atoms with Crippen LogP contribution in [0, 0.1) is 0 Å². The highest BCUT2D eigenvalue weighted by Crippen LogP contribution is 2.11. The number of hydrogen-bond acceptors (Lipinski definition) is 3. The molecule has 0 rings (SSSR count). The minimum atomic E-state index is 0.0769. The SMILES string of the molecule is C=CCN(C(C)C)N(C(=O)CCN)C(C)C. The van der Waals surface area contributed by atoms with E-state index >= 15 is 0 Å². The smallest absolute Gasteiger partial charge is 0.238 e. The molecule has 0 saturated heterocycles. The Morgan fingerprint density at radius 2 is 1.88 bits per heavy atom. The first kappa shape index (κ1) is 15.1. The van der Waals surface area contributed by atoms with Gasteiger partial charge in [-0.25, -0.2) is 5.01 Å². The van der Waals surface area contributed by atoms with Crippen molar-refractivity contribution in [3.05, 3.63) is 12.7 Å². The third-order valence-electron chi connectivity index (χ3n) is 2.29. The fraction of sp³-hybridized carbons (Fsp3) is 0.750. The summed E-state index contributed by atoms with van der Waals surface area (Å²) < 4.78 is 0. The second kappa shape index (κ2) is 7.41. The molecule has 0 saturated carbocycles. The van der Waals surface area contributed by atoms with Crippen molar-refractivity contribution in [3.63, 3.8) is 0 Å². The van der Waals surface area contributed by atoms with Crippen molar-refractivity contribution in [2.45, 2.75) is 46.2 Å². The molecule has 0 fully saturated rings. The number of nitrogens with zero attached hydrogens (tertiary/aromatic N) is 2. The molecular formula is C12H25N3O. The van der Waals surface area contributed by atoms with E-state index in [9.17, 15) is 4.79 Å². The fourth-order valence-corrected chi connectivity index (χ4v) is 1.65. The lowest BCUT2D eigenvalue weighted by Crippen LogP contribution is -2.53. The fourth-order valence-electron chi connectivity index (χ4n) is 1.65. The Labute approximate surface area is 99.1 Å². The first-order chi connectivity index (χ1) is 7.45. The maximum Gasteiger partial charge on any atom is 0.238 e. The number of nitrogens with two attached hydrogens (primary N) is 1. The van der Waals surface area contributed by atoms with E-state index < -0.39 is 0 Å². The highest BCUT2D eigenvalue weighted by Gasteiger charge is 2.24. The Morgan fingerprint density at radius 3 is 2.19 bits per heavy atom. The van der Waals surface area contributed by atoms with Crippen LogP contribution in [0.25, 0.3) is 0 Å². The molecule has 94 valence electrons. The van der Waals surface area contributed by atoms with Crippen molar-refractivity contribution in [1.82, 2.24) is 10.0 Å². The minimum absolute atomic E-state index is 0.0769. The quantitative estimate of drug-likeness (QED) is 0.528. The summed E-state index contributed by atoms with van der Waals surface area (Å²) in [6, 6.07) is 0.406. The van der Waals surface area contributed by atoms with Crippen molar-refractivity contribution in [2.24, 2.45) is 5.73 Å². The lowest BCUT2D eigenvalue weighted by molar-refractivity contribution is -0.156. The second-order valence-electron chi connectivity index (χ2n) is 4.38. The highest BCUT2D eigenvalue weighted by molar-refractivity contribution is 5.76. The van der Waals surface area contributed by atoms with Crippen LogP contribution in [-0.4, -0.2) is 41.1 Å². The third kappa shape index (κ3) is 4.33. The van der Waals surface area contributed by atoms with Crippen LogP contribution >= 0.6 is 0 Å². The van der Waals surface area contributed by atoms with Crippen LogP contribution in [0.1, 0.15) is 34.1 Å². The van der Waals surface area contributed by atoms with Gasteiger partial charge < -0.3 is 5.73 Å². The maximum absolute atomic E-state index is 12.0. The molecule has 0 aromatic heterocycles. The van der Waals surface area contributed by atoms with Gasteiger partial charge in [-0.3, -0.25) is 9.80 Å². The molecule has 4 heteroatoms. The molecule has 0 spiro atoms. The maximum atomic E-state index is 12.0. The van der Waals surface area contributed by atoms with Crippen molar-refractivity contribution < 1.29 is 4.79 Å². The van der Waals surface area contributed by atoms with Crippen LogP contribution in [0.15, 0.2) is 12.7 Å². The van der Waals surface area contributed by atoms with Crippen LogP contribution in [0.5, 0.6) is 0 Å². The van der Waals surface area contributed by atoms with Crippen molar-refractivity contribution in [3.8, 4) is 0 Å². The van der Waals surface area contributed by atoms with Gasteiger partial charge in [0.2, 0.25) is 5.91 Å². The number of carbonyl (C=O) groups excluding carboxylic acids is 1. The lowest BCUT2D eigenvalue weighted by atomic mass is 10.3. The van der Waals surface area contributed by atoms with Crippen LogP contribution in [0.3, 0.4) is 0 Å². The van der Waals surface area contributed by atoms with Gasteiger partial charge in [-0.1, -0.05) is 6.08 Å². The van der Waals surface area contributed by atoms with E-state index in [-0.39, 0.29) is 18.0 Å². The molecular weight excluding hydrogens is 202 g/mol. The summed E-state index contributed by atoms with van der Waals surface area (Å²) in [5.41, 5.74) is 5.43. The zero-order valence-electron chi connectivity index (χ0n) is 10.9. The van der Waals surface area contributed by atoms with E-state index in [1.165, 1.54) is 0 Å². The van der Waals surface area contributed by atoms with Gasteiger partial charge in [0.05, 0.1) is 0 Å². The zero-order valence-corrected chi connectivity index (χ0v) is 10.9. The van der Waals surface area contributed by atoms with Crippen molar-refractivity contribution in [1.29, 1.82) is 0 Å². The summed E-state index contributed by atoms with van der Waals surface area (Å²) >= 11 is 0. The molecule has 0 aliphatic heterocycles. The lowest BCUT2D eigenvalue weighted by Gasteiger charge is -2.40. The summed E-state index contributed by atoms with van der Waals surface area (Å²) in [5.74, 6) is 0.0769. The summed E-state index contributed by atoms with van der Waals surface area (Å²) in [4.78, 5) is 12.0. The third-order valence-corrected chi connectivity index (χ3v) is 2.29. The van der Waals surface area contributed by atoms with Gasteiger partial charge in [-0.2, -0.15) is 0 Å². The number of carbonyl (C=O) groups is 1. The van der Waals surface area contributed by atoms with Crippen molar-refractivity contribution in [2.75, 3.05) is 13.1 Å². The van der Waals surface area contributed by atoms with Crippen LogP contribution in [0.4, 0.5) is 0 Å². The Balaban J connectivity index is 4.83. The molecule has 0 unspecified atom stereocenters. The molecule has 1 amide bonds. The Bertz CT molecular complexity index is 226. The minimum Gasteiger partial charge on any atom is -0.330 e. The predicted octanol–water partition coefficient (Wildman–Crippen LogP) is 1.38.